The van der Waals surface area contributed by atoms with Gasteiger partial charge in [-0.05, 0) is 42.3 Å². The van der Waals surface area contributed by atoms with E-state index >= 15 is 0 Å². The molecule has 0 saturated heterocycles. The number of benzene rings is 4. The quantitative estimate of drug-likeness (QED) is 0.336. The molecule has 1 aromatic heterocycles. The van der Waals surface area contributed by atoms with Crippen molar-refractivity contribution in [2.75, 3.05) is 0 Å². The average Bonchev–Trinajstić information content (AvgIpc) is 3.03. The Balaban J connectivity index is 1.78. The number of para-hydroxylation sites is 2. The third kappa shape index (κ3) is 2.33. The zero-order valence-electron chi connectivity index (χ0n) is 14.7. The van der Waals surface area contributed by atoms with Crippen LogP contribution in [0.3, 0.4) is 0 Å². The lowest BCUT2D eigenvalue weighted by Crippen LogP contribution is -1.94. The van der Waals surface area contributed by atoms with Crippen LogP contribution in [0.25, 0.3) is 38.6 Å². The van der Waals surface area contributed by atoms with E-state index in [1.807, 2.05) is 0 Å². The average molecular weight is 333 g/mol. The van der Waals surface area contributed by atoms with Crippen LogP contribution >= 0.6 is 0 Å². The highest BCUT2D eigenvalue weighted by Gasteiger charge is 2.11. The van der Waals surface area contributed by atoms with Crippen molar-refractivity contribution in [1.29, 1.82) is 0 Å². The number of nitrogens with zero attached hydrogens (tertiary/aromatic N) is 1. The van der Waals surface area contributed by atoms with E-state index < -0.39 is 0 Å². The van der Waals surface area contributed by atoms with E-state index in [1.165, 1.54) is 44.2 Å². The molecule has 0 amide bonds. The molecule has 0 N–H and O–H groups in total. The summed E-state index contributed by atoms with van der Waals surface area (Å²) in [6, 6.07) is 34.8. The smallest absolute Gasteiger partial charge is 0.0541 e. The summed E-state index contributed by atoms with van der Waals surface area (Å²) in [4.78, 5) is 0. The molecule has 0 saturated carbocycles. The summed E-state index contributed by atoms with van der Waals surface area (Å²) in [6.45, 7) is 2.12. The first kappa shape index (κ1) is 15.0. The third-order valence-corrected chi connectivity index (χ3v) is 5.07. The molecule has 1 nitrogen and oxygen atoms in total. The van der Waals surface area contributed by atoms with Crippen molar-refractivity contribution in [2.24, 2.45) is 0 Å². The molecule has 1 heterocycles. The number of aryl methyl sites for hydroxylation is 1. The van der Waals surface area contributed by atoms with Gasteiger partial charge in [0.25, 0.3) is 0 Å². The van der Waals surface area contributed by atoms with Crippen LogP contribution < -0.4 is 0 Å². The lowest BCUT2D eigenvalue weighted by molar-refractivity contribution is 1.18. The Hall–Kier alpha value is -3.32. The zero-order valence-corrected chi connectivity index (χ0v) is 14.7. The molecule has 0 aliphatic rings. The van der Waals surface area contributed by atoms with Gasteiger partial charge in [0, 0.05) is 16.5 Å². The predicted molar refractivity (Wildman–Crippen MR) is 111 cm³/mol. The first-order chi connectivity index (χ1) is 12.8. The highest BCUT2D eigenvalue weighted by Crippen LogP contribution is 2.33. The van der Waals surface area contributed by atoms with Crippen LogP contribution in [0.2, 0.25) is 0 Å². The first-order valence-electron chi connectivity index (χ1n) is 8.97. The second kappa shape index (κ2) is 5.89. The molecule has 124 valence electrons. The van der Waals surface area contributed by atoms with Crippen molar-refractivity contribution in [3.63, 3.8) is 0 Å². The van der Waals surface area contributed by atoms with Crippen LogP contribution in [0.4, 0.5) is 0 Å². The number of hydrogen-bond donors (Lipinski definition) is 0. The van der Waals surface area contributed by atoms with Gasteiger partial charge in [0.05, 0.1) is 11.0 Å². The van der Waals surface area contributed by atoms with Crippen molar-refractivity contribution in [3.8, 4) is 16.8 Å². The number of fused-ring (bicyclic) bond motifs is 3. The topological polar surface area (TPSA) is 4.93 Å². The van der Waals surface area contributed by atoms with Gasteiger partial charge in [0.15, 0.2) is 0 Å². The molecule has 0 aliphatic carbocycles. The molecule has 4 aromatic carbocycles. The Kier molecular flexibility index (Phi) is 3.39. The minimum absolute atomic E-state index is 1.19. The Morgan fingerprint density at radius 2 is 1.15 bits per heavy atom. The Bertz CT molecular complexity index is 1170. The van der Waals surface area contributed by atoms with Gasteiger partial charge in [0.1, 0.15) is 0 Å². The highest BCUT2D eigenvalue weighted by molar-refractivity contribution is 6.09. The lowest BCUT2D eigenvalue weighted by atomic mass is 10.0. The predicted octanol–water partition coefficient (Wildman–Crippen LogP) is 6.76. The van der Waals surface area contributed by atoms with Crippen molar-refractivity contribution < 1.29 is 0 Å². The molecule has 1 heteroatoms. The maximum atomic E-state index is 2.36. The SMILES string of the molecule is Cc1ccc(-c2cccc(-n3c4ccccc4c4ccccc43)c2)cc1. The van der Waals surface area contributed by atoms with E-state index in [2.05, 4.69) is 109 Å². The molecular weight excluding hydrogens is 314 g/mol. The molecule has 0 unspecified atom stereocenters. The van der Waals surface area contributed by atoms with E-state index in [4.69, 9.17) is 0 Å². The summed E-state index contributed by atoms with van der Waals surface area (Å²) >= 11 is 0. The highest BCUT2D eigenvalue weighted by atomic mass is 15.0. The van der Waals surface area contributed by atoms with Crippen molar-refractivity contribution in [2.45, 2.75) is 6.92 Å². The summed E-state index contributed by atoms with van der Waals surface area (Å²) in [5, 5.41) is 2.59. The molecule has 0 atom stereocenters. The van der Waals surface area contributed by atoms with Crippen molar-refractivity contribution in [3.05, 3.63) is 103 Å². The first-order valence-corrected chi connectivity index (χ1v) is 8.97. The minimum atomic E-state index is 1.19. The number of rotatable bonds is 2. The van der Waals surface area contributed by atoms with E-state index in [1.54, 1.807) is 0 Å². The van der Waals surface area contributed by atoms with Crippen LogP contribution in [0.15, 0.2) is 97.1 Å². The molecule has 0 fully saturated rings. The Morgan fingerprint density at radius 3 is 1.81 bits per heavy atom. The molecule has 0 bridgehead atoms. The number of aromatic nitrogens is 1. The second-order valence-corrected chi connectivity index (χ2v) is 6.79. The summed E-state index contributed by atoms with van der Waals surface area (Å²) in [6.07, 6.45) is 0. The van der Waals surface area contributed by atoms with Crippen LogP contribution in [0.5, 0.6) is 0 Å². The van der Waals surface area contributed by atoms with E-state index in [9.17, 15) is 0 Å². The maximum Gasteiger partial charge on any atom is 0.0541 e. The molecule has 0 aliphatic heterocycles. The molecule has 26 heavy (non-hydrogen) atoms. The van der Waals surface area contributed by atoms with Crippen LogP contribution in [-0.4, -0.2) is 4.57 Å². The van der Waals surface area contributed by atoms with Gasteiger partial charge in [-0.3, -0.25) is 0 Å². The fourth-order valence-corrected chi connectivity index (χ4v) is 3.77. The van der Waals surface area contributed by atoms with Gasteiger partial charge >= 0.3 is 0 Å². The fourth-order valence-electron chi connectivity index (χ4n) is 3.77. The van der Waals surface area contributed by atoms with Crippen molar-refractivity contribution >= 4 is 21.8 Å². The van der Waals surface area contributed by atoms with Gasteiger partial charge in [-0.1, -0.05) is 78.4 Å². The normalized spacial score (nSPS) is 11.3. The Morgan fingerprint density at radius 1 is 0.538 bits per heavy atom. The fraction of sp³-hybridized carbons (Fsp3) is 0.0400. The molecular formula is C25H19N. The van der Waals surface area contributed by atoms with E-state index in [0.29, 0.717) is 0 Å². The standard InChI is InChI=1S/C25H19N/c1-18-13-15-19(16-14-18)20-7-6-8-21(17-20)26-24-11-4-2-9-22(24)23-10-3-5-12-25(23)26/h2-17H,1H3. The Labute approximate surface area is 153 Å². The monoisotopic (exact) mass is 333 g/mol. The minimum Gasteiger partial charge on any atom is -0.309 e. The van der Waals surface area contributed by atoms with Gasteiger partial charge in [-0.2, -0.15) is 0 Å². The second-order valence-electron chi connectivity index (χ2n) is 6.79. The molecule has 5 rings (SSSR count). The van der Waals surface area contributed by atoms with Gasteiger partial charge in [-0.15, -0.1) is 0 Å². The van der Waals surface area contributed by atoms with E-state index in [0.717, 1.165) is 0 Å². The lowest BCUT2D eigenvalue weighted by Gasteiger charge is -2.10. The van der Waals surface area contributed by atoms with Crippen molar-refractivity contribution in [1.82, 2.24) is 4.57 Å². The van der Waals surface area contributed by atoms with Gasteiger partial charge in [0.2, 0.25) is 0 Å². The van der Waals surface area contributed by atoms with Crippen LogP contribution in [0, 0.1) is 6.92 Å². The summed E-state index contributed by atoms with van der Waals surface area (Å²) in [5.41, 5.74) is 7.46. The summed E-state index contributed by atoms with van der Waals surface area (Å²) in [5.74, 6) is 0. The molecule has 0 radical (unpaired) electrons. The summed E-state index contributed by atoms with van der Waals surface area (Å²) < 4.78 is 2.36. The van der Waals surface area contributed by atoms with E-state index in [-0.39, 0.29) is 0 Å². The molecule has 0 spiro atoms. The van der Waals surface area contributed by atoms with Crippen LogP contribution in [0.1, 0.15) is 5.56 Å². The summed E-state index contributed by atoms with van der Waals surface area (Å²) in [7, 11) is 0. The maximum absolute atomic E-state index is 2.36. The molecule has 5 aromatic rings. The van der Waals surface area contributed by atoms with Crippen LogP contribution in [-0.2, 0) is 0 Å². The number of hydrogen-bond acceptors (Lipinski definition) is 0. The zero-order chi connectivity index (χ0) is 17.5. The third-order valence-electron chi connectivity index (χ3n) is 5.07. The van der Waals surface area contributed by atoms with Gasteiger partial charge in [-0.25, -0.2) is 0 Å². The van der Waals surface area contributed by atoms with Gasteiger partial charge < -0.3 is 4.57 Å². The largest absolute Gasteiger partial charge is 0.309 e.